The molecule has 1 N–H and O–H groups in total. The molecule has 1 amide bonds. The lowest BCUT2D eigenvalue weighted by atomic mass is 10.0. The molecule has 2 heterocycles. The molecule has 0 spiro atoms. The summed E-state index contributed by atoms with van der Waals surface area (Å²) in [5, 5.41) is 7.06. The first-order valence-electron chi connectivity index (χ1n) is 11.3. The molecule has 0 saturated heterocycles. The summed E-state index contributed by atoms with van der Waals surface area (Å²) in [4.78, 5) is 17.0. The second kappa shape index (κ2) is 9.44. The van der Waals surface area contributed by atoms with E-state index < -0.39 is 10.0 Å². The maximum Gasteiger partial charge on any atom is 0.251 e. The molecule has 5 rings (SSSR count). The van der Waals surface area contributed by atoms with Gasteiger partial charge < -0.3 is 5.32 Å². The van der Waals surface area contributed by atoms with Crippen LogP contribution in [0, 0.1) is 0 Å². The number of carbonyl (C=O) groups is 1. The Kier molecular flexibility index (Phi) is 6.19. The molecule has 0 saturated carbocycles. The van der Waals surface area contributed by atoms with Crippen LogP contribution in [-0.4, -0.2) is 39.9 Å². The van der Waals surface area contributed by atoms with E-state index in [4.69, 9.17) is 0 Å². The Morgan fingerprint density at radius 1 is 1.00 bits per heavy atom. The molecule has 8 nitrogen and oxygen atoms in total. The molecule has 35 heavy (non-hydrogen) atoms. The number of hydrogen-bond acceptors (Lipinski definition) is 5. The van der Waals surface area contributed by atoms with Gasteiger partial charge in [0, 0.05) is 18.7 Å². The number of rotatable bonds is 6. The Labute approximate surface area is 204 Å². The van der Waals surface area contributed by atoms with Crippen LogP contribution >= 0.6 is 0 Å². The topological polar surface area (TPSA) is 97.2 Å². The van der Waals surface area contributed by atoms with Crippen LogP contribution in [0.5, 0.6) is 0 Å². The number of nitrogens with zero attached hydrogens (tertiary/aromatic N) is 4. The molecular weight excluding hydrogens is 462 g/mol. The molecular formula is C26H25N5O3S. The normalized spacial score (nSPS) is 14.8. The summed E-state index contributed by atoms with van der Waals surface area (Å²) in [6.07, 6.45) is 3.75. The molecule has 9 heteroatoms. The van der Waals surface area contributed by atoms with E-state index in [9.17, 15) is 13.2 Å². The predicted octanol–water partition coefficient (Wildman–Crippen LogP) is 3.51. The van der Waals surface area contributed by atoms with Crippen molar-refractivity contribution in [2.75, 3.05) is 6.54 Å². The van der Waals surface area contributed by atoms with Gasteiger partial charge in [-0.15, -0.1) is 0 Å². The van der Waals surface area contributed by atoms with Crippen LogP contribution in [0.25, 0.3) is 5.69 Å². The lowest BCUT2D eigenvalue weighted by molar-refractivity contribution is 0.0939. The number of aromatic nitrogens is 3. The fourth-order valence-electron chi connectivity index (χ4n) is 4.24. The zero-order valence-electron chi connectivity index (χ0n) is 19.2. The van der Waals surface area contributed by atoms with E-state index >= 15 is 0 Å². The summed E-state index contributed by atoms with van der Waals surface area (Å²) in [7, 11) is -3.73. The quantitative estimate of drug-likeness (QED) is 0.449. The number of benzene rings is 3. The van der Waals surface area contributed by atoms with Gasteiger partial charge in [0.25, 0.3) is 5.91 Å². The highest BCUT2D eigenvalue weighted by Crippen LogP contribution is 2.25. The van der Waals surface area contributed by atoms with Gasteiger partial charge in [-0.2, -0.15) is 9.40 Å². The fourth-order valence-corrected chi connectivity index (χ4v) is 5.71. The molecule has 1 aliphatic rings. The van der Waals surface area contributed by atoms with Gasteiger partial charge in [-0.3, -0.25) is 4.79 Å². The van der Waals surface area contributed by atoms with Gasteiger partial charge in [-0.05, 0) is 60.4 Å². The van der Waals surface area contributed by atoms with Crippen molar-refractivity contribution in [3.05, 3.63) is 108 Å². The zero-order chi connectivity index (χ0) is 24.4. The van der Waals surface area contributed by atoms with Crippen molar-refractivity contribution >= 4 is 15.9 Å². The highest BCUT2D eigenvalue weighted by atomic mass is 32.2. The molecule has 3 aromatic carbocycles. The monoisotopic (exact) mass is 487 g/mol. The molecule has 0 radical (unpaired) electrons. The summed E-state index contributed by atoms with van der Waals surface area (Å²) in [5.41, 5.74) is 4.27. The Bertz CT molecular complexity index is 1450. The van der Waals surface area contributed by atoms with Crippen molar-refractivity contribution in [2.24, 2.45) is 0 Å². The van der Waals surface area contributed by atoms with Crippen LogP contribution < -0.4 is 5.32 Å². The molecule has 1 atom stereocenters. The Balaban J connectivity index is 1.30. The van der Waals surface area contributed by atoms with E-state index in [0.717, 1.165) is 16.8 Å². The molecule has 0 aliphatic carbocycles. The molecule has 178 valence electrons. The summed E-state index contributed by atoms with van der Waals surface area (Å²) in [6, 6.07) is 21.5. The minimum atomic E-state index is -3.73. The average molecular weight is 488 g/mol. The first kappa shape index (κ1) is 22.9. The minimum Gasteiger partial charge on any atom is -0.346 e. The van der Waals surface area contributed by atoms with Crippen molar-refractivity contribution in [2.45, 2.75) is 30.8 Å². The second-order valence-corrected chi connectivity index (χ2v) is 10.4. The highest BCUT2D eigenvalue weighted by molar-refractivity contribution is 7.89. The Morgan fingerprint density at radius 3 is 2.51 bits per heavy atom. The van der Waals surface area contributed by atoms with Crippen LogP contribution in [-0.2, 0) is 23.0 Å². The molecule has 0 bridgehead atoms. The van der Waals surface area contributed by atoms with Crippen molar-refractivity contribution in [1.82, 2.24) is 24.4 Å². The third-order valence-corrected chi connectivity index (χ3v) is 8.09. The van der Waals surface area contributed by atoms with Crippen LogP contribution in [0.2, 0.25) is 0 Å². The van der Waals surface area contributed by atoms with E-state index in [2.05, 4.69) is 15.4 Å². The molecule has 4 aromatic rings. The van der Waals surface area contributed by atoms with Crippen molar-refractivity contribution in [3.63, 3.8) is 0 Å². The number of carbonyl (C=O) groups excluding carboxylic acids is 1. The third kappa shape index (κ3) is 4.73. The standard InChI is InChI=1S/C26H25N5O3S/c1-19(20-9-11-24(12-10-20)31-18-27-17-28-31)29-26(32)22-7-4-8-25(15-22)35(33,34)30-14-13-21-5-2-3-6-23(21)16-30/h2-12,15,17-19H,13-14,16H2,1H3,(H,29,32). The third-order valence-electron chi connectivity index (χ3n) is 6.25. The number of fused-ring (bicyclic) bond motifs is 1. The van der Waals surface area contributed by atoms with E-state index in [-0.39, 0.29) is 16.8 Å². The summed E-state index contributed by atoms with van der Waals surface area (Å²) in [5.74, 6) is -0.334. The summed E-state index contributed by atoms with van der Waals surface area (Å²) >= 11 is 0. The van der Waals surface area contributed by atoms with Gasteiger partial charge in [0.1, 0.15) is 12.7 Å². The summed E-state index contributed by atoms with van der Waals surface area (Å²) in [6.45, 7) is 2.63. The van der Waals surface area contributed by atoms with Gasteiger partial charge in [-0.25, -0.2) is 18.1 Å². The van der Waals surface area contributed by atoms with E-state index in [1.807, 2.05) is 55.5 Å². The Hall–Kier alpha value is -3.82. The molecule has 1 aliphatic heterocycles. The van der Waals surface area contributed by atoms with Crippen molar-refractivity contribution in [3.8, 4) is 5.69 Å². The van der Waals surface area contributed by atoms with E-state index in [0.29, 0.717) is 25.1 Å². The highest BCUT2D eigenvalue weighted by Gasteiger charge is 2.28. The first-order valence-corrected chi connectivity index (χ1v) is 12.8. The van der Waals surface area contributed by atoms with Crippen LogP contribution in [0.1, 0.15) is 40.0 Å². The van der Waals surface area contributed by atoms with Crippen LogP contribution in [0.3, 0.4) is 0 Å². The number of nitrogens with one attached hydrogen (secondary N) is 1. The zero-order valence-corrected chi connectivity index (χ0v) is 20.0. The SMILES string of the molecule is CC(NC(=O)c1cccc(S(=O)(=O)N2CCc3ccccc3C2)c1)c1ccc(-n2cncn2)cc1. The lowest BCUT2D eigenvalue weighted by Gasteiger charge is -2.28. The number of sulfonamides is 1. The van der Waals surface area contributed by atoms with Crippen LogP contribution in [0.4, 0.5) is 0 Å². The van der Waals surface area contributed by atoms with Crippen molar-refractivity contribution < 1.29 is 13.2 Å². The first-order chi connectivity index (χ1) is 16.9. The molecule has 1 unspecified atom stereocenters. The van der Waals surface area contributed by atoms with Crippen LogP contribution in [0.15, 0.2) is 90.3 Å². The van der Waals surface area contributed by atoms with E-state index in [1.54, 1.807) is 29.2 Å². The second-order valence-electron chi connectivity index (χ2n) is 8.51. The molecule has 0 fully saturated rings. The van der Waals surface area contributed by atoms with Gasteiger partial charge in [-0.1, -0.05) is 42.5 Å². The fraction of sp³-hybridized carbons (Fsp3) is 0.192. The maximum absolute atomic E-state index is 13.3. The predicted molar refractivity (Wildman–Crippen MR) is 131 cm³/mol. The summed E-state index contributed by atoms with van der Waals surface area (Å²) < 4.78 is 29.8. The average Bonchev–Trinajstić information content (AvgIpc) is 3.43. The van der Waals surface area contributed by atoms with Gasteiger partial charge >= 0.3 is 0 Å². The smallest absolute Gasteiger partial charge is 0.251 e. The number of amides is 1. The van der Waals surface area contributed by atoms with Gasteiger partial charge in [0.15, 0.2) is 0 Å². The largest absolute Gasteiger partial charge is 0.346 e. The lowest BCUT2D eigenvalue weighted by Crippen LogP contribution is -2.36. The maximum atomic E-state index is 13.3. The Morgan fingerprint density at radius 2 is 1.77 bits per heavy atom. The molecule has 1 aromatic heterocycles. The van der Waals surface area contributed by atoms with Gasteiger partial charge in [0.2, 0.25) is 10.0 Å². The minimum absolute atomic E-state index is 0.120. The van der Waals surface area contributed by atoms with E-state index in [1.165, 1.54) is 22.3 Å². The van der Waals surface area contributed by atoms with Gasteiger partial charge in [0.05, 0.1) is 16.6 Å². The van der Waals surface area contributed by atoms with Crippen molar-refractivity contribution in [1.29, 1.82) is 0 Å². The number of hydrogen-bond donors (Lipinski definition) is 1.